The quantitative estimate of drug-likeness (QED) is 0.0347. The molecule has 0 rings (SSSR count). The molecule has 0 heterocycles. The molecule has 0 aromatic heterocycles. The van der Waals surface area contributed by atoms with Crippen molar-refractivity contribution in [1.29, 1.82) is 0 Å². The number of hydrogen-bond acceptors (Lipinski definition) is 6. The Bertz CT molecular complexity index is 841. The van der Waals surface area contributed by atoms with Gasteiger partial charge < -0.3 is 14.2 Å². The fourth-order valence-electron chi connectivity index (χ4n) is 7.51. The molecule has 0 aromatic carbocycles. The third-order valence-corrected chi connectivity index (χ3v) is 11.3. The van der Waals surface area contributed by atoms with Crippen molar-refractivity contribution in [2.24, 2.45) is 5.92 Å². The molecule has 0 unspecified atom stereocenters. The second kappa shape index (κ2) is 44.5. The van der Waals surface area contributed by atoms with Crippen LogP contribution in [0.25, 0.3) is 0 Å². The summed E-state index contributed by atoms with van der Waals surface area (Å²) in [6.45, 7) is 8.95. The molecule has 0 fully saturated rings. The van der Waals surface area contributed by atoms with E-state index in [-0.39, 0.29) is 31.1 Å². The van der Waals surface area contributed by atoms with Gasteiger partial charge in [-0.25, -0.2) is 0 Å². The Labute approximate surface area is 348 Å². The van der Waals surface area contributed by atoms with Gasteiger partial charge in [-0.2, -0.15) is 0 Å². The van der Waals surface area contributed by atoms with Gasteiger partial charge in [0, 0.05) is 19.3 Å². The largest absolute Gasteiger partial charge is 0.462 e. The van der Waals surface area contributed by atoms with Gasteiger partial charge in [-0.1, -0.05) is 240 Å². The number of unbranched alkanes of at least 4 members (excludes halogenated alkanes) is 32. The van der Waals surface area contributed by atoms with E-state index in [1.807, 2.05) is 0 Å². The van der Waals surface area contributed by atoms with Gasteiger partial charge in [0.15, 0.2) is 6.10 Å². The second-order valence-corrected chi connectivity index (χ2v) is 17.6. The molecule has 0 radical (unpaired) electrons. The van der Waals surface area contributed by atoms with Crippen LogP contribution in [-0.2, 0) is 28.6 Å². The minimum absolute atomic E-state index is 0.0639. The van der Waals surface area contributed by atoms with Crippen LogP contribution in [0, 0.1) is 5.92 Å². The maximum absolute atomic E-state index is 12.7. The van der Waals surface area contributed by atoms with Crippen LogP contribution in [-0.4, -0.2) is 37.2 Å². The Hall–Kier alpha value is -1.59. The molecule has 0 spiro atoms. The fraction of sp³-hybridized carbons (Fsp3) is 0.940. The minimum atomic E-state index is -0.759. The smallest absolute Gasteiger partial charge is 0.306 e. The summed E-state index contributed by atoms with van der Waals surface area (Å²) in [4.78, 5) is 37.7. The molecule has 0 aliphatic heterocycles. The zero-order valence-corrected chi connectivity index (χ0v) is 38.1. The molecule has 56 heavy (non-hydrogen) atoms. The van der Waals surface area contributed by atoms with Crippen molar-refractivity contribution >= 4 is 17.9 Å². The highest BCUT2D eigenvalue weighted by Crippen LogP contribution is 2.17. The zero-order valence-electron chi connectivity index (χ0n) is 38.1. The predicted molar refractivity (Wildman–Crippen MR) is 238 cm³/mol. The van der Waals surface area contributed by atoms with Crippen LogP contribution >= 0.6 is 0 Å². The van der Waals surface area contributed by atoms with Crippen molar-refractivity contribution in [3.05, 3.63) is 0 Å². The third-order valence-electron chi connectivity index (χ3n) is 11.3. The van der Waals surface area contributed by atoms with Gasteiger partial charge in [0.25, 0.3) is 0 Å². The molecule has 0 saturated carbocycles. The highest BCUT2D eigenvalue weighted by Gasteiger charge is 2.19. The predicted octanol–water partition coefficient (Wildman–Crippen LogP) is 15.9. The van der Waals surface area contributed by atoms with Gasteiger partial charge in [-0.05, 0) is 25.2 Å². The summed E-state index contributed by atoms with van der Waals surface area (Å²) < 4.78 is 16.7. The van der Waals surface area contributed by atoms with Crippen molar-refractivity contribution in [3.8, 4) is 0 Å². The Morgan fingerprint density at radius 1 is 0.339 bits per heavy atom. The Kier molecular flexibility index (Phi) is 43.2. The monoisotopic (exact) mass is 793 g/mol. The number of rotatable bonds is 45. The van der Waals surface area contributed by atoms with Crippen LogP contribution in [0.15, 0.2) is 0 Å². The first kappa shape index (κ1) is 54.4. The lowest BCUT2D eigenvalue weighted by Gasteiger charge is -2.18. The molecule has 332 valence electrons. The van der Waals surface area contributed by atoms with Gasteiger partial charge in [0.2, 0.25) is 0 Å². The Morgan fingerprint density at radius 3 is 0.875 bits per heavy atom. The highest BCUT2D eigenvalue weighted by molar-refractivity contribution is 5.71. The van der Waals surface area contributed by atoms with Crippen LogP contribution in [0.5, 0.6) is 0 Å². The molecule has 1 atom stereocenters. The molecular formula is C50H96O6. The van der Waals surface area contributed by atoms with E-state index < -0.39 is 6.10 Å². The van der Waals surface area contributed by atoms with Gasteiger partial charge in [0.05, 0.1) is 0 Å². The van der Waals surface area contributed by atoms with Crippen molar-refractivity contribution in [1.82, 2.24) is 0 Å². The van der Waals surface area contributed by atoms with E-state index in [1.165, 1.54) is 173 Å². The SMILES string of the molecule is CCCCCCCCCCCCCCCCCCCCCC(=O)OC[C@H](COC(=O)CCCCCCCCCC(C)C)OC(=O)CCCCCCCCCCC. The first-order valence-corrected chi connectivity index (χ1v) is 24.9. The maximum Gasteiger partial charge on any atom is 0.306 e. The van der Waals surface area contributed by atoms with E-state index in [1.54, 1.807) is 0 Å². The summed E-state index contributed by atoms with van der Waals surface area (Å²) in [6, 6.07) is 0. The molecule has 0 bridgehead atoms. The number of esters is 3. The molecule has 6 nitrogen and oxygen atoms in total. The molecule has 0 aliphatic rings. The fourth-order valence-corrected chi connectivity index (χ4v) is 7.51. The summed E-state index contributed by atoms with van der Waals surface area (Å²) in [5.74, 6) is -0.0730. The van der Waals surface area contributed by atoms with E-state index in [0.29, 0.717) is 19.3 Å². The van der Waals surface area contributed by atoms with Crippen molar-refractivity contribution in [2.75, 3.05) is 13.2 Å². The molecule has 0 N–H and O–H groups in total. The third kappa shape index (κ3) is 43.5. The number of carbonyl (C=O) groups excluding carboxylic acids is 3. The lowest BCUT2D eigenvalue weighted by molar-refractivity contribution is -0.167. The van der Waals surface area contributed by atoms with Gasteiger partial charge in [-0.15, -0.1) is 0 Å². The number of ether oxygens (including phenoxy) is 3. The van der Waals surface area contributed by atoms with Crippen molar-refractivity contribution in [3.63, 3.8) is 0 Å². The van der Waals surface area contributed by atoms with Crippen LogP contribution in [0.2, 0.25) is 0 Å². The summed E-state index contributed by atoms with van der Waals surface area (Å²) in [5, 5.41) is 0. The van der Waals surface area contributed by atoms with Crippen molar-refractivity contribution in [2.45, 2.75) is 284 Å². The maximum atomic E-state index is 12.7. The zero-order chi connectivity index (χ0) is 41.0. The van der Waals surface area contributed by atoms with E-state index in [9.17, 15) is 14.4 Å². The standard InChI is InChI=1S/C50H96O6/c1-5-7-9-11-13-15-16-17-18-19-20-21-22-23-24-26-29-33-37-41-48(51)54-44-47(56-50(53)43-39-35-30-25-14-12-10-8-6-2)45-55-49(52)42-38-34-31-27-28-32-36-40-46(3)4/h46-47H,5-45H2,1-4H3/t47-/m1/s1. The van der Waals surface area contributed by atoms with E-state index in [2.05, 4.69) is 27.7 Å². The summed E-state index contributed by atoms with van der Waals surface area (Å²) >= 11 is 0. The molecule has 6 heteroatoms. The van der Waals surface area contributed by atoms with E-state index in [4.69, 9.17) is 14.2 Å². The van der Waals surface area contributed by atoms with Crippen LogP contribution < -0.4 is 0 Å². The van der Waals surface area contributed by atoms with Crippen LogP contribution in [0.1, 0.15) is 278 Å². The molecular weight excluding hydrogens is 697 g/mol. The average molecular weight is 793 g/mol. The van der Waals surface area contributed by atoms with Crippen LogP contribution in [0.4, 0.5) is 0 Å². The van der Waals surface area contributed by atoms with Crippen molar-refractivity contribution < 1.29 is 28.6 Å². The first-order valence-electron chi connectivity index (χ1n) is 24.9. The molecule has 0 saturated heterocycles. The highest BCUT2D eigenvalue weighted by atomic mass is 16.6. The molecule has 0 aromatic rings. The number of hydrogen-bond donors (Lipinski definition) is 0. The topological polar surface area (TPSA) is 78.9 Å². The van der Waals surface area contributed by atoms with Gasteiger partial charge in [-0.3, -0.25) is 14.4 Å². The lowest BCUT2D eigenvalue weighted by atomic mass is 10.0. The van der Waals surface area contributed by atoms with Crippen LogP contribution in [0.3, 0.4) is 0 Å². The molecule has 0 amide bonds. The molecule has 0 aliphatic carbocycles. The van der Waals surface area contributed by atoms with Gasteiger partial charge in [0.1, 0.15) is 13.2 Å². The Balaban J connectivity index is 4.18. The minimum Gasteiger partial charge on any atom is -0.462 e. The number of carbonyl (C=O) groups is 3. The Morgan fingerprint density at radius 2 is 0.589 bits per heavy atom. The van der Waals surface area contributed by atoms with E-state index in [0.717, 1.165) is 63.7 Å². The first-order chi connectivity index (χ1) is 27.4. The lowest BCUT2D eigenvalue weighted by Crippen LogP contribution is -2.30. The van der Waals surface area contributed by atoms with Gasteiger partial charge >= 0.3 is 17.9 Å². The summed E-state index contributed by atoms with van der Waals surface area (Å²) in [7, 11) is 0. The summed E-state index contributed by atoms with van der Waals surface area (Å²) in [6.07, 6.45) is 45.3. The second-order valence-electron chi connectivity index (χ2n) is 17.6. The normalized spacial score (nSPS) is 11.9. The van der Waals surface area contributed by atoms with E-state index >= 15 is 0 Å². The average Bonchev–Trinajstić information content (AvgIpc) is 3.18. The summed E-state index contributed by atoms with van der Waals surface area (Å²) in [5.41, 5.74) is 0.